The topological polar surface area (TPSA) is 41.1 Å². The van der Waals surface area contributed by atoms with Crippen LogP contribution in [-0.2, 0) is 6.54 Å². The fourth-order valence-electron chi connectivity index (χ4n) is 1.90. The van der Waals surface area contributed by atoms with Crippen molar-refractivity contribution in [3.05, 3.63) is 50.1 Å². The third kappa shape index (κ3) is 3.84. The molecule has 5 heteroatoms. The van der Waals surface area contributed by atoms with Crippen LogP contribution in [0.5, 0.6) is 0 Å². The number of aryl methyl sites for hydroxylation is 1. The SMILES string of the molecule is CCNc1ccc(C)cc1C(=O)NCc1cc(Br)cs1. The molecule has 20 heavy (non-hydrogen) atoms. The maximum atomic E-state index is 12.3. The van der Waals surface area contributed by atoms with Gasteiger partial charge in [0.1, 0.15) is 0 Å². The van der Waals surface area contributed by atoms with Crippen LogP contribution < -0.4 is 10.6 Å². The number of anilines is 1. The van der Waals surface area contributed by atoms with Gasteiger partial charge in [-0.05, 0) is 48.0 Å². The minimum atomic E-state index is -0.0471. The molecule has 2 aromatic rings. The van der Waals surface area contributed by atoms with E-state index < -0.39 is 0 Å². The van der Waals surface area contributed by atoms with E-state index in [1.165, 1.54) is 0 Å². The second-order valence-corrected chi connectivity index (χ2v) is 6.40. The molecule has 1 aromatic carbocycles. The van der Waals surface area contributed by atoms with Gasteiger partial charge in [-0.2, -0.15) is 0 Å². The Morgan fingerprint density at radius 1 is 1.35 bits per heavy atom. The van der Waals surface area contributed by atoms with Crippen molar-refractivity contribution in [2.24, 2.45) is 0 Å². The molecule has 1 heterocycles. The number of hydrogen-bond acceptors (Lipinski definition) is 3. The summed E-state index contributed by atoms with van der Waals surface area (Å²) in [4.78, 5) is 13.4. The molecule has 106 valence electrons. The second kappa shape index (κ2) is 6.90. The zero-order valence-corrected chi connectivity index (χ0v) is 13.9. The summed E-state index contributed by atoms with van der Waals surface area (Å²) < 4.78 is 1.05. The first-order valence-electron chi connectivity index (χ1n) is 6.45. The quantitative estimate of drug-likeness (QED) is 0.847. The molecule has 2 rings (SSSR count). The lowest BCUT2D eigenvalue weighted by molar-refractivity contribution is 0.0952. The Hall–Kier alpha value is -1.33. The number of thiophene rings is 1. The summed E-state index contributed by atoms with van der Waals surface area (Å²) in [7, 11) is 0. The molecule has 0 aliphatic carbocycles. The van der Waals surface area contributed by atoms with Gasteiger partial charge in [0.25, 0.3) is 5.91 Å². The minimum Gasteiger partial charge on any atom is -0.385 e. The van der Waals surface area contributed by atoms with E-state index in [1.54, 1.807) is 11.3 Å². The monoisotopic (exact) mass is 352 g/mol. The summed E-state index contributed by atoms with van der Waals surface area (Å²) in [5, 5.41) is 8.20. The fraction of sp³-hybridized carbons (Fsp3) is 0.267. The highest BCUT2D eigenvalue weighted by Crippen LogP contribution is 2.20. The van der Waals surface area contributed by atoms with E-state index in [-0.39, 0.29) is 5.91 Å². The van der Waals surface area contributed by atoms with Crippen LogP contribution in [0.3, 0.4) is 0 Å². The Bertz CT molecular complexity index is 610. The van der Waals surface area contributed by atoms with Crippen LogP contribution in [0.15, 0.2) is 34.1 Å². The number of carbonyl (C=O) groups is 1. The van der Waals surface area contributed by atoms with E-state index in [4.69, 9.17) is 0 Å². The summed E-state index contributed by atoms with van der Waals surface area (Å²) in [6.07, 6.45) is 0. The first kappa shape index (κ1) is 15.1. The van der Waals surface area contributed by atoms with Crippen molar-refractivity contribution >= 4 is 38.9 Å². The second-order valence-electron chi connectivity index (χ2n) is 4.49. The summed E-state index contributed by atoms with van der Waals surface area (Å²) in [6, 6.07) is 7.89. The number of rotatable bonds is 5. The zero-order valence-electron chi connectivity index (χ0n) is 11.5. The van der Waals surface area contributed by atoms with Crippen LogP contribution in [0.4, 0.5) is 5.69 Å². The van der Waals surface area contributed by atoms with Gasteiger partial charge >= 0.3 is 0 Å². The first-order valence-corrected chi connectivity index (χ1v) is 8.13. The van der Waals surface area contributed by atoms with Crippen LogP contribution in [0.2, 0.25) is 0 Å². The van der Waals surface area contributed by atoms with Crippen molar-refractivity contribution in [2.75, 3.05) is 11.9 Å². The van der Waals surface area contributed by atoms with Crippen molar-refractivity contribution in [3.8, 4) is 0 Å². The van der Waals surface area contributed by atoms with Crippen LogP contribution in [0.25, 0.3) is 0 Å². The van der Waals surface area contributed by atoms with Crippen molar-refractivity contribution in [1.82, 2.24) is 5.32 Å². The molecule has 0 bridgehead atoms. The van der Waals surface area contributed by atoms with E-state index in [1.807, 2.05) is 43.5 Å². The number of benzene rings is 1. The average Bonchev–Trinajstić information content (AvgIpc) is 2.84. The highest BCUT2D eigenvalue weighted by molar-refractivity contribution is 9.10. The van der Waals surface area contributed by atoms with Crippen molar-refractivity contribution < 1.29 is 4.79 Å². The van der Waals surface area contributed by atoms with Gasteiger partial charge in [-0.1, -0.05) is 11.6 Å². The largest absolute Gasteiger partial charge is 0.385 e. The van der Waals surface area contributed by atoms with Gasteiger partial charge in [0.05, 0.1) is 12.1 Å². The average molecular weight is 353 g/mol. The van der Waals surface area contributed by atoms with Gasteiger partial charge < -0.3 is 10.6 Å². The Balaban J connectivity index is 2.09. The Morgan fingerprint density at radius 2 is 2.15 bits per heavy atom. The lowest BCUT2D eigenvalue weighted by Crippen LogP contribution is -2.23. The van der Waals surface area contributed by atoms with Gasteiger partial charge in [-0.3, -0.25) is 4.79 Å². The lowest BCUT2D eigenvalue weighted by Gasteiger charge is -2.11. The number of halogens is 1. The number of amides is 1. The first-order chi connectivity index (χ1) is 9.60. The molecule has 0 unspecified atom stereocenters. The predicted octanol–water partition coefficient (Wildman–Crippen LogP) is 4.18. The summed E-state index contributed by atoms with van der Waals surface area (Å²) >= 11 is 5.04. The Labute approximate surface area is 131 Å². The Kier molecular flexibility index (Phi) is 5.20. The molecule has 0 aliphatic heterocycles. The van der Waals surface area contributed by atoms with Crippen LogP contribution in [-0.4, -0.2) is 12.5 Å². The van der Waals surface area contributed by atoms with Gasteiger partial charge in [0.15, 0.2) is 0 Å². The minimum absolute atomic E-state index is 0.0471. The molecular formula is C15H17BrN2OS. The lowest BCUT2D eigenvalue weighted by atomic mass is 10.1. The van der Waals surface area contributed by atoms with E-state index in [0.717, 1.165) is 27.1 Å². The number of nitrogens with one attached hydrogen (secondary N) is 2. The maximum absolute atomic E-state index is 12.3. The van der Waals surface area contributed by atoms with Crippen LogP contribution >= 0.6 is 27.3 Å². The van der Waals surface area contributed by atoms with Crippen molar-refractivity contribution in [3.63, 3.8) is 0 Å². The number of carbonyl (C=O) groups excluding carboxylic acids is 1. The molecule has 1 amide bonds. The molecule has 0 saturated carbocycles. The molecule has 1 aromatic heterocycles. The van der Waals surface area contributed by atoms with E-state index in [2.05, 4.69) is 26.6 Å². The molecule has 0 atom stereocenters. The molecule has 0 saturated heterocycles. The molecule has 0 aliphatic rings. The summed E-state index contributed by atoms with van der Waals surface area (Å²) in [6.45, 7) is 5.35. The van der Waals surface area contributed by atoms with Crippen LogP contribution in [0, 0.1) is 6.92 Å². The normalized spacial score (nSPS) is 10.3. The fourth-order valence-corrected chi connectivity index (χ4v) is 3.29. The third-order valence-corrected chi connectivity index (χ3v) is 4.53. The molecule has 3 nitrogen and oxygen atoms in total. The standard InChI is InChI=1S/C15H17BrN2OS/c1-3-17-14-5-4-10(2)6-13(14)15(19)18-8-12-7-11(16)9-20-12/h4-7,9,17H,3,8H2,1-2H3,(H,18,19). The van der Waals surface area contributed by atoms with Crippen molar-refractivity contribution in [1.29, 1.82) is 0 Å². The highest BCUT2D eigenvalue weighted by atomic mass is 79.9. The summed E-state index contributed by atoms with van der Waals surface area (Å²) in [5.41, 5.74) is 2.65. The smallest absolute Gasteiger partial charge is 0.253 e. The molecule has 0 spiro atoms. The van der Waals surface area contributed by atoms with E-state index in [9.17, 15) is 4.79 Å². The zero-order chi connectivity index (χ0) is 14.5. The van der Waals surface area contributed by atoms with Crippen molar-refractivity contribution in [2.45, 2.75) is 20.4 Å². The molecule has 0 radical (unpaired) electrons. The maximum Gasteiger partial charge on any atom is 0.253 e. The van der Waals surface area contributed by atoms with Gasteiger partial charge in [0, 0.05) is 27.0 Å². The summed E-state index contributed by atoms with van der Waals surface area (Å²) in [5.74, 6) is -0.0471. The Morgan fingerprint density at radius 3 is 2.80 bits per heavy atom. The van der Waals surface area contributed by atoms with Gasteiger partial charge in [-0.15, -0.1) is 11.3 Å². The molecular weight excluding hydrogens is 336 g/mol. The highest BCUT2D eigenvalue weighted by Gasteiger charge is 2.11. The predicted molar refractivity (Wildman–Crippen MR) is 88.5 cm³/mol. The van der Waals surface area contributed by atoms with Crippen LogP contribution in [0.1, 0.15) is 27.7 Å². The molecule has 2 N–H and O–H groups in total. The van der Waals surface area contributed by atoms with Gasteiger partial charge in [-0.25, -0.2) is 0 Å². The number of hydrogen-bond donors (Lipinski definition) is 2. The van der Waals surface area contributed by atoms with E-state index in [0.29, 0.717) is 12.1 Å². The third-order valence-electron chi connectivity index (χ3n) is 2.83. The van der Waals surface area contributed by atoms with Gasteiger partial charge in [0.2, 0.25) is 0 Å². The molecule has 0 fully saturated rings. The van der Waals surface area contributed by atoms with E-state index >= 15 is 0 Å².